The maximum atomic E-state index is 11.9. The Kier molecular flexibility index (Phi) is 3.48. The van der Waals surface area contributed by atoms with E-state index in [4.69, 9.17) is 11.6 Å². The maximum absolute atomic E-state index is 11.9. The van der Waals surface area contributed by atoms with Crippen molar-refractivity contribution in [2.45, 2.75) is 6.92 Å². The number of nitrogens with one attached hydrogen (secondary N) is 2. The molecule has 0 aliphatic rings. The number of hydrogen-bond donors (Lipinski definition) is 2. The summed E-state index contributed by atoms with van der Waals surface area (Å²) < 4.78 is 0. The maximum Gasteiger partial charge on any atom is 0.261 e. The van der Waals surface area contributed by atoms with Gasteiger partial charge in [-0.1, -0.05) is 17.7 Å². The Bertz CT molecular complexity index is 649. The lowest BCUT2D eigenvalue weighted by Gasteiger charge is -2.08. The number of carbonyl (C=O) groups excluding carboxylic acids is 1. The van der Waals surface area contributed by atoms with Crippen molar-refractivity contribution < 1.29 is 4.79 Å². The second kappa shape index (κ2) is 5.06. The summed E-state index contributed by atoms with van der Waals surface area (Å²) in [7, 11) is 0. The molecule has 2 N–H and O–H groups in total. The largest absolute Gasteiger partial charge is 0.328 e. The summed E-state index contributed by atoms with van der Waals surface area (Å²) in [6, 6.07) is 8.25. The van der Waals surface area contributed by atoms with Gasteiger partial charge in [0.2, 0.25) is 0 Å². The molecular weight excluding hydrogens is 252 g/mol. The first-order valence-electron chi connectivity index (χ1n) is 5.33. The highest BCUT2D eigenvalue weighted by Gasteiger charge is 2.11. The minimum Gasteiger partial charge on any atom is -0.328 e. The number of benzene rings is 1. The number of aromatic nitrogens is 1. The van der Waals surface area contributed by atoms with Crippen molar-refractivity contribution in [1.29, 1.82) is 0 Å². The van der Waals surface area contributed by atoms with Crippen LogP contribution < -0.4 is 10.9 Å². The lowest BCUT2D eigenvalue weighted by molar-refractivity contribution is 0.102. The second-order valence-electron chi connectivity index (χ2n) is 3.83. The topological polar surface area (TPSA) is 62.0 Å². The molecule has 92 valence electrons. The predicted octanol–water partition coefficient (Wildman–Crippen LogP) is 2.59. The summed E-state index contributed by atoms with van der Waals surface area (Å²) in [5.41, 5.74) is 1.11. The minimum absolute atomic E-state index is 0.0666. The van der Waals surface area contributed by atoms with Crippen LogP contribution >= 0.6 is 11.6 Å². The number of halogens is 1. The van der Waals surface area contributed by atoms with Crippen LogP contribution in [0, 0.1) is 6.92 Å². The van der Waals surface area contributed by atoms with Crippen LogP contribution in [0.1, 0.15) is 15.9 Å². The number of rotatable bonds is 2. The van der Waals surface area contributed by atoms with E-state index in [2.05, 4.69) is 10.3 Å². The molecule has 0 aliphatic carbocycles. The van der Waals surface area contributed by atoms with Crippen molar-refractivity contribution in [3.8, 4) is 0 Å². The zero-order chi connectivity index (χ0) is 13.1. The molecule has 0 unspecified atom stereocenters. The molecule has 0 aliphatic heterocycles. The van der Waals surface area contributed by atoms with E-state index in [1.54, 1.807) is 24.3 Å². The molecule has 5 heteroatoms. The van der Waals surface area contributed by atoms with Gasteiger partial charge in [-0.3, -0.25) is 9.59 Å². The van der Waals surface area contributed by atoms with Gasteiger partial charge in [-0.2, -0.15) is 0 Å². The molecule has 1 amide bonds. The van der Waals surface area contributed by atoms with Crippen molar-refractivity contribution >= 4 is 23.2 Å². The van der Waals surface area contributed by atoms with Gasteiger partial charge >= 0.3 is 0 Å². The third kappa shape index (κ3) is 2.60. The van der Waals surface area contributed by atoms with Crippen LogP contribution in [0.2, 0.25) is 5.02 Å². The lowest BCUT2D eigenvalue weighted by Crippen LogP contribution is -2.22. The van der Waals surface area contributed by atoms with Crippen LogP contribution in [0.4, 0.5) is 5.69 Å². The lowest BCUT2D eigenvalue weighted by atomic mass is 10.2. The van der Waals surface area contributed by atoms with Crippen LogP contribution in [0.5, 0.6) is 0 Å². The van der Waals surface area contributed by atoms with Gasteiger partial charge in [-0.25, -0.2) is 0 Å². The molecule has 18 heavy (non-hydrogen) atoms. The fraction of sp³-hybridized carbons (Fsp3) is 0.0769. The van der Waals surface area contributed by atoms with E-state index < -0.39 is 11.5 Å². The van der Waals surface area contributed by atoms with E-state index in [1.807, 2.05) is 6.92 Å². The van der Waals surface area contributed by atoms with Gasteiger partial charge in [0.1, 0.15) is 5.56 Å². The Labute approximate surface area is 109 Å². The Morgan fingerprint density at radius 3 is 2.83 bits per heavy atom. The molecule has 1 heterocycles. The predicted molar refractivity (Wildman–Crippen MR) is 71.2 cm³/mol. The molecule has 2 aromatic rings. The van der Waals surface area contributed by atoms with E-state index in [-0.39, 0.29) is 5.56 Å². The van der Waals surface area contributed by atoms with Gasteiger partial charge < -0.3 is 10.3 Å². The summed E-state index contributed by atoms with van der Waals surface area (Å²) in [6.07, 6.45) is 1.48. The number of H-pyrrole nitrogens is 1. The average Bonchev–Trinajstić information content (AvgIpc) is 2.34. The molecule has 2 rings (SSSR count). The van der Waals surface area contributed by atoms with E-state index in [0.717, 1.165) is 5.56 Å². The molecule has 1 aromatic heterocycles. The van der Waals surface area contributed by atoms with Gasteiger partial charge in [0.25, 0.3) is 11.5 Å². The Balaban J connectivity index is 2.30. The number of pyridine rings is 1. The van der Waals surface area contributed by atoms with Crippen molar-refractivity contribution in [3.05, 3.63) is 63.0 Å². The highest BCUT2D eigenvalue weighted by Crippen LogP contribution is 2.20. The fourth-order valence-electron chi connectivity index (χ4n) is 1.52. The van der Waals surface area contributed by atoms with E-state index in [0.29, 0.717) is 10.7 Å². The molecule has 0 atom stereocenters. The second-order valence-corrected chi connectivity index (χ2v) is 4.26. The third-order valence-corrected chi connectivity index (χ3v) is 2.75. The van der Waals surface area contributed by atoms with Gasteiger partial charge in [-0.15, -0.1) is 0 Å². The standard InChI is InChI=1S/C13H11ClN2O2/c1-8-4-5-9(14)7-11(8)16-13(18)10-3-2-6-15-12(10)17/h2-7H,1H3,(H,15,17)(H,16,18). The third-order valence-electron chi connectivity index (χ3n) is 2.51. The number of amides is 1. The van der Waals surface area contributed by atoms with E-state index in [9.17, 15) is 9.59 Å². The Hall–Kier alpha value is -2.07. The van der Waals surface area contributed by atoms with Crippen molar-refractivity contribution in [3.63, 3.8) is 0 Å². The summed E-state index contributed by atoms with van der Waals surface area (Å²) in [5, 5.41) is 3.19. The van der Waals surface area contributed by atoms with Crippen LogP contribution in [-0.4, -0.2) is 10.9 Å². The van der Waals surface area contributed by atoms with Crippen LogP contribution in [0.15, 0.2) is 41.3 Å². The molecule has 0 saturated heterocycles. The zero-order valence-corrected chi connectivity index (χ0v) is 10.4. The minimum atomic E-state index is -0.456. The van der Waals surface area contributed by atoms with Gasteiger partial charge in [0.15, 0.2) is 0 Å². The molecule has 0 fully saturated rings. The quantitative estimate of drug-likeness (QED) is 0.874. The van der Waals surface area contributed by atoms with E-state index >= 15 is 0 Å². The summed E-state index contributed by atoms with van der Waals surface area (Å²) in [4.78, 5) is 25.8. The van der Waals surface area contributed by atoms with Gasteiger partial charge in [0.05, 0.1) is 0 Å². The monoisotopic (exact) mass is 262 g/mol. The van der Waals surface area contributed by atoms with Crippen LogP contribution in [-0.2, 0) is 0 Å². The van der Waals surface area contributed by atoms with E-state index in [1.165, 1.54) is 12.3 Å². The van der Waals surface area contributed by atoms with Crippen LogP contribution in [0.3, 0.4) is 0 Å². The number of aryl methyl sites for hydroxylation is 1. The molecule has 0 radical (unpaired) electrons. The SMILES string of the molecule is Cc1ccc(Cl)cc1NC(=O)c1ccc[nH]c1=O. The van der Waals surface area contributed by atoms with Crippen molar-refractivity contribution in [2.24, 2.45) is 0 Å². The number of anilines is 1. The molecular formula is C13H11ClN2O2. The molecule has 0 saturated carbocycles. The van der Waals surface area contributed by atoms with Gasteiger partial charge in [0, 0.05) is 16.9 Å². The number of aromatic amines is 1. The smallest absolute Gasteiger partial charge is 0.261 e. The first-order valence-corrected chi connectivity index (χ1v) is 5.71. The molecule has 4 nitrogen and oxygen atoms in total. The fourth-order valence-corrected chi connectivity index (χ4v) is 1.69. The van der Waals surface area contributed by atoms with Crippen LogP contribution in [0.25, 0.3) is 0 Å². The molecule has 0 bridgehead atoms. The molecule has 0 spiro atoms. The summed E-state index contributed by atoms with van der Waals surface area (Å²) >= 11 is 5.86. The summed E-state index contributed by atoms with van der Waals surface area (Å²) in [5.74, 6) is -0.456. The van der Waals surface area contributed by atoms with Crippen molar-refractivity contribution in [2.75, 3.05) is 5.32 Å². The number of carbonyl (C=O) groups is 1. The average molecular weight is 263 g/mol. The normalized spacial score (nSPS) is 10.1. The zero-order valence-electron chi connectivity index (χ0n) is 9.66. The Morgan fingerprint density at radius 2 is 2.11 bits per heavy atom. The van der Waals surface area contributed by atoms with Crippen molar-refractivity contribution in [1.82, 2.24) is 4.98 Å². The van der Waals surface area contributed by atoms with Gasteiger partial charge in [-0.05, 0) is 36.8 Å². The first-order chi connectivity index (χ1) is 8.58. The highest BCUT2D eigenvalue weighted by atomic mass is 35.5. The summed E-state index contributed by atoms with van der Waals surface area (Å²) in [6.45, 7) is 1.85. The Morgan fingerprint density at radius 1 is 1.33 bits per heavy atom. The number of hydrogen-bond acceptors (Lipinski definition) is 2. The highest BCUT2D eigenvalue weighted by molar-refractivity contribution is 6.31. The first kappa shape index (κ1) is 12.4. The molecule has 1 aromatic carbocycles.